The monoisotopic (exact) mass is 287 g/mol. The van der Waals surface area contributed by atoms with Gasteiger partial charge >= 0.3 is 0 Å². The molecule has 1 amide bonds. The number of carbonyl (C=O) groups excluding carboxylic acids is 1. The van der Waals surface area contributed by atoms with Crippen molar-refractivity contribution in [3.8, 4) is 11.8 Å². The fraction of sp³-hybridized carbons (Fsp3) is 0.375. The summed E-state index contributed by atoms with van der Waals surface area (Å²) in [6.45, 7) is 5.89. The zero-order chi connectivity index (χ0) is 15.7. The number of phenols is 1. The third-order valence-electron chi connectivity index (χ3n) is 3.12. The Bertz CT molecular complexity index is 525. The van der Waals surface area contributed by atoms with E-state index < -0.39 is 0 Å². The van der Waals surface area contributed by atoms with Crippen LogP contribution in [0.5, 0.6) is 5.75 Å². The molecule has 112 valence electrons. The summed E-state index contributed by atoms with van der Waals surface area (Å²) < 4.78 is 0. The Morgan fingerprint density at radius 2 is 1.95 bits per heavy atom. The first-order valence-corrected chi connectivity index (χ1v) is 7.02. The van der Waals surface area contributed by atoms with E-state index in [1.807, 2.05) is 24.8 Å². The standard InChI is InChI=1S/C16H21N3O2/c1-3-19(4-2)12-14(11-17)16(21)18-10-9-13-5-7-15(20)8-6-13/h5-8,12,20H,3-4,9-10H2,1-2H3,(H,18,21)/b14-12-. The summed E-state index contributed by atoms with van der Waals surface area (Å²) in [5.41, 5.74) is 1.13. The molecule has 0 saturated heterocycles. The zero-order valence-electron chi connectivity index (χ0n) is 12.5. The quantitative estimate of drug-likeness (QED) is 0.592. The Labute approximate surface area is 125 Å². The third kappa shape index (κ3) is 5.57. The summed E-state index contributed by atoms with van der Waals surface area (Å²) in [7, 11) is 0. The van der Waals surface area contributed by atoms with Gasteiger partial charge in [0.05, 0.1) is 0 Å². The molecule has 21 heavy (non-hydrogen) atoms. The summed E-state index contributed by atoms with van der Waals surface area (Å²) in [5.74, 6) is -0.139. The van der Waals surface area contributed by atoms with E-state index in [4.69, 9.17) is 5.26 Å². The maximum Gasteiger partial charge on any atom is 0.263 e. The molecule has 0 aliphatic carbocycles. The van der Waals surface area contributed by atoms with Gasteiger partial charge in [0.15, 0.2) is 0 Å². The largest absolute Gasteiger partial charge is 0.508 e. The number of hydrogen-bond acceptors (Lipinski definition) is 4. The fourth-order valence-electron chi connectivity index (χ4n) is 1.81. The molecule has 0 aliphatic rings. The van der Waals surface area contributed by atoms with Crippen LogP contribution in [0.2, 0.25) is 0 Å². The van der Waals surface area contributed by atoms with E-state index in [0.29, 0.717) is 13.0 Å². The van der Waals surface area contributed by atoms with Crippen molar-refractivity contribution < 1.29 is 9.90 Å². The number of nitriles is 1. The molecule has 5 nitrogen and oxygen atoms in total. The minimum Gasteiger partial charge on any atom is -0.508 e. The maximum atomic E-state index is 11.9. The normalized spacial score (nSPS) is 10.8. The van der Waals surface area contributed by atoms with Crippen molar-refractivity contribution in [2.75, 3.05) is 19.6 Å². The molecule has 0 atom stereocenters. The molecule has 0 unspecified atom stereocenters. The van der Waals surface area contributed by atoms with E-state index in [1.165, 1.54) is 0 Å². The van der Waals surface area contributed by atoms with Crippen molar-refractivity contribution in [3.63, 3.8) is 0 Å². The lowest BCUT2D eigenvalue weighted by Gasteiger charge is -2.15. The van der Waals surface area contributed by atoms with Crippen molar-refractivity contribution in [2.45, 2.75) is 20.3 Å². The molecule has 1 aromatic rings. The highest BCUT2D eigenvalue weighted by molar-refractivity contribution is 5.97. The van der Waals surface area contributed by atoms with E-state index in [2.05, 4.69) is 5.32 Å². The van der Waals surface area contributed by atoms with E-state index >= 15 is 0 Å². The molecule has 0 radical (unpaired) electrons. The van der Waals surface area contributed by atoms with Crippen molar-refractivity contribution in [1.82, 2.24) is 10.2 Å². The summed E-state index contributed by atoms with van der Waals surface area (Å²) in [4.78, 5) is 13.8. The zero-order valence-corrected chi connectivity index (χ0v) is 12.5. The topological polar surface area (TPSA) is 76.4 Å². The van der Waals surface area contributed by atoms with Gasteiger partial charge in [-0.05, 0) is 38.0 Å². The molecule has 5 heteroatoms. The van der Waals surface area contributed by atoms with Gasteiger partial charge in [0.2, 0.25) is 0 Å². The maximum absolute atomic E-state index is 11.9. The molecule has 0 fully saturated rings. The summed E-state index contributed by atoms with van der Waals surface area (Å²) in [5, 5.41) is 21.0. The Morgan fingerprint density at radius 1 is 1.33 bits per heavy atom. The second-order valence-electron chi connectivity index (χ2n) is 4.55. The number of aromatic hydroxyl groups is 1. The first-order valence-electron chi connectivity index (χ1n) is 7.02. The number of rotatable bonds is 7. The summed E-state index contributed by atoms with van der Waals surface area (Å²) in [6.07, 6.45) is 2.24. The number of carbonyl (C=O) groups is 1. The van der Waals surface area contributed by atoms with Crippen LogP contribution in [0.3, 0.4) is 0 Å². The SMILES string of the molecule is CCN(/C=C(/C#N)C(=O)NCCc1ccc(O)cc1)CC. The number of hydrogen-bond donors (Lipinski definition) is 2. The second-order valence-corrected chi connectivity index (χ2v) is 4.55. The Hall–Kier alpha value is -2.48. The van der Waals surface area contributed by atoms with Gasteiger partial charge < -0.3 is 15.3 Å². The number of nitrogens with one attached hydrogen (secondary N) is 1. The summed E-state index contributed by atoms with van der Waals surface area (Å²) in [6, 6.07) is 8.76. The number of nitrogens with zero attached hydrogens (tertiary/aromatic N) is 2. The van der Waals surface area contributed by atoms with E-state index in [0.717, 1.165) is 18.7 Å². The molecule has 0 saturated carbocycles. The molecule has 0 aliphatic heterocycles. The molecular formula is C16H21N3O2. The van der Waals surface area contributed by atoms with Crippen molar-refractivity contribution >= 4 is 5.91 Å². The van der Waals surface area contributed by atoms with Crippen LogP contribution in [-0.2, 0) is 11.2 Å². The van der Waals surface area contributed by atoms with Gasteiger partial charge in [0, 0.05) is 25.8 Å². The minimum absolute atomic E-state index is 0.115. The molecule has 1 rings (SSSR count). The van der Waals surface area contributed by atoms with Gasteiger partial charge in [-0.25, -0.2) is 0 Å². The van der Waals surface area contributed by atoms with Crippen LogP contribution in [0.15, 0.2) is 36.0 Å². The van der Waals surface area contributed by atoms with Crippen molar-refractivity contribution in [3.05, 3.63) is 41.6 Å². The molecule has 2 N–H and O–H groups in total. The van der Waals surface area contributed by atoms with Crippen LogP contribution in [0.1, 0.15) is 19.4 Å². The highest BCUT2D eigenvalue weighted by Gasteiger charge is 2.09. The Morgan fingerprint density at radius 3 is 2.48 bits per heavy atom. The number of amides is 1. The Kier molecular flexibility index (Phi) is 6.82. The lowest BCUT2D eigenvalue weighted by molar-refractivity contribution is -0.117. The average Bonchev–Trinajstić information content (AvgIpc) is 2.50. The second kappa shape index (κ2) is 8.64. The van der Waals surface area contributed by atoms with Gasteiger partial charge in [-0.3, -0.25) is 4.79 Å². The smallest absolute Gasteiger partial charge is 0.263 e. The van der Waals surface area contributed by atoms with Gasteiger partial charge in [-0.1, -0.05) is 12.1 Å². The lowest BCUT2D eigenvalue weighted by Crippen LogP contribution is -2.28. The fourth-order valence-corrected chi connectivity index (χ4v) is 1.81. The summed E-state index contributed by atoms with van der Waals surface area (Å²) >= 11 is 0. The number of benzene rings is 1. The van der Waals surface area contributed by atoms with Crippen LogP contribution in [0.25, 0.3) is 0 Å². The molecule has 0 spiro atoms. The van der Waals surface area contributed by atoms with Gasteiger partial charge in [-0.15, -0.1) is 0 Å². The van der Waals surface area contributed by atoms with Gasteiger partial charge in [-0.2, -0.15) is 5.26 Å². The van der Waals surface area contributed by atoms with Crippen LogP contribution in [0, 0.1) is 11.3 Å². The molecule has 0 bridgehead atoms. The highest BCUT2D eigenvalue weighted by atomic mass is 16.3. The first kappa shape index (κ1) is 16.6. The molecular weight excluding hydrogens is 266 g/mol. The van der Waals surface area contributed by atoms with Crippen LogP contribution in [-0.4, -0.2) is 35.5 Å². The predicted octanol–water partition coefficient (Wildman–Crippen LogP) is 1.80. The third-order valence-corrected chi connectivity index (χ3v) is 3.12. The molecule has 0 aromatic heterocycles. The Balaban J connectivity index is 2.52. The lowest BCUT2D eigenvalue weighted by atomic mass is 10.1. The average molecular weight is 287 g/mol. The highest BCUT2D eigenvalue weighted by Crippen LogP contribution is 2.09. The molecule has 1 aromatic carbocycles. The van der Waals surface area contributed by atoms with E-state index in [1.54, 1.807) is 30.5 Å². The molecule has 0 heterocycles. The van der Waals surface area contributed by atoms with E-state index in [9.17, 15) is 9.90 Å². The number of phenolic OH excluding ortho intramolecular Hbond substituents is 1. The van der Waals surface area contributed by atoms with Crippen LogP contribution < -0.4 is 5.32 Å². The first-order chi connectivity index (χ1) is 10.1. The minimum atomic E-state index is -0.358. The van der Waals surface area contributed by atoms with E-state index in [-0.39, 0.29) is 17.2 Å². The van der Waals surface area contributed by atoms with Gasteiger partial charge in [0.25, 0.3) is 5.91 Å². The van der Waals surface area contributed by atoms with Crippen LogP contribution >= 0.6 is 0 Å². The predicted molar refractivity (Wildman–Crippen MR) is 81.4 cm³/mol. The van der Waals surface area contributed by atoms with Gasteiger partial charge in [0.1, 0.15) is 17.4 Å². The van der Waals surface area contributed by atoms with Crippen LogP contribution in [0.4, 0.5) is 0 Å². The van der Waals surface area contributed by atoms with Crippen molar-refractivity contribution in [2.24, 2.45) is 0 Å². The van der Waals surface area contributed by atoms with Crippen molar-refractivity contribution in [1.29, 1.82) is 5.26 Å².